The van der Waals surface area contributed by atoms with Crippen molar-refractivity contribution in [2.24, 2.45) is 21.7 Å². The molecular weight excluding hydrogens is 294 g/mol. The van der Waals surface area contributed by atoms with E-state index in [0.29, 0.717) is 0 Å². The summed E-state index contributed by atoms with van der Waals surface area (Å²) in [6.45, 7) is 0. The summed E-state index contributed by atoms with van der Waals surface area (Å²) in [7, 11) is 0. The maximum absolute atomic E-state index is 8.36. The molecule has 0 aliphatic carbocycles. The minimum absolute atomic E-state index is 0. The van der Waals surface area contributed by atoms with E-state index < -0.39 is 10.2 Å². The zero-order valence-corrected chi connectivity index (χ0v) is 10.3. The average molecular weight is 307 g/mol. The Balaban J connectivity index is -0.000000304. The molecule has 0 spiro atoms. The summed E-state index contributed by atoms with van der Waals surface area (Å²) < 4.78 is 0. The summed E-state index contributed by atoms with van der Waals surface area (Å²) in [4.78, 5) is 20.6. The lowest BCUT2D eigenvalue weighted by molar-refractivity contribution is -0.742. The van der Waals surface area contributed by atoms with Crippen LogP contribution >= 0.6 is 0 Å². The Hall–Kier alpha value is -3.55. The van der Waals surface area contributed by atoms with Crippen LogP contribution in [-0.4, -0.2) is 43.2 Å². The molecule has 0 fully saturated rings. The molecule has 0 bridgehead atoms. The van der Waals surface area contributed by atoms with E-state index in [1.54, 1.807) is 18.5 Å². The summed E-state index contributed by atoms with van der Waals surface area (Å²) in [6.07, 6.45) is 4.86. The van der Waals surface area contributed by atoms with Crippen LogP contribution in [0.5, 0.6) is 0 Å². The molecule has 21 heavy (non-hydrogen) atoms. The van der Waals surface area contributed by atoms with Crippen LogP contribution in [0.2, 0.25) is 0 Å². The molecule has 0 aliphatic rings. The first-order valence-corrected chi connectivity index (χ1v) is 4.44. The molecule has 0 unspecified atom stereocenters. The molecule has 14 nitrogen and oxygen atoms in total. The minimum atomic E-state index is -1.50. The van der Waals surface area contributed by atoms with Crippen LogP contribution in [0.15, 0.2) is 34.7 Å². The highest BCUT2D eigenvalue weighted by molar-refractivity contribution is 5.81. The summed E-state index contributed by atoms with van der Waals surface area (Å²) in [5.41, 5.74) is 11.0. The zero-order chi connectivity index (χ0) is 16.0. The molecule has 1 aromatic heterocycles. The van der Waals surface area contributed by atoms with Crippen LogP contribution in [0.4, 0.5) is 0 Å². The molecule has 118 valence electrons. The highest BCUT2D eigenvalue weighted by atomic mass is 16.9. The summed E-state index contributed by atoms with van der Waals surface area (Å²) >= 11 is 0. The van der Waals surface area contributed by atoms with Crippen molar-refractivity contribution in [3.05, 3.63) is 50.3 Å². The van der Waals surface area contributed by atoms with E-state index in [1.165, 1.54) is 6.21 Å². The third-order valence-corrected chi connectivity index (χ3v) is 1.06. The molecule has 1 heterocycles. The molecule has 0 aromatic carbocycles. The van der Waals surface area contributed by atoms with E-state index in [-0.39, 0.29) is 11.4 Å². The Kier molecular flexibility index (Phi) is 15.6. The van der Waals surface area contributed by atoms with Crippen molar-refractivity contribution in [3.8, 4) is 0 Å². The first-order chi connectivity index (χ1) is 9.25. The number of nitrogens with two attached hydrogens (primary N) is 2. The predicted octanol–water partition coefficient (Wildman–Crippen LogP) is -1.83. The SMILES string of the molecule is NC(N)=N/N=C/c1cccnc1.O.O=[N+]([O-])O.O=[N+]([O-])O. The van der Waals surface area contributed by atoms with Gasteiger partial charge in [0, 0.05) is 18.0 Å². The monoisotopic (exact) mass is 307 g/mol. The number of hydrogen-bond donors (Lipinski definition) is 4. The molecular formula is C7H13N7O7. The lowest BCUT2D eigenvalue weighted by atomic mass is 10.3. The van der Waals surface area contributed by atoms with Crippen molar-refractivity contribution in [1.82, 2.24) is 4.98 Å². The number of guanidine groups is 1. The zero-order valence-electron chi connectivity index (χ0n) is 10.3. The number of rotatable bonds is 2. The van der Waals surface area contributed by atoms with Crippen molar-refractivity contribution in [3.63, 3.8) is 0 Å². The van der Waals surface area contributed by atoms with Gasteiger partial charge in [-0.15, -0.1) is 25.3 Å². The third-order valence-electron chi connectivity index (χ3n) is 1.06. The first-order valence-electron chi connectivity index (χ1n) is 4.44. The van der Waals surface area contributed by atoms with Crippen LogP contribution in [0.25, 0.3) is 0 Å². The van der Waals surface area contributed by atoms with E-state index in [9.17, 15) is 0 Å². The van der Waals surface area contributed by atoms with Gasteiger partial charge < -0.3 is 27.4 Å². The van der Waals surface area contributed by atoms with Gasteiger partial charge in [0.1, 0.15) is 0 Å². The second kappa shape index (κ2) is 14.5. The molecule has 0 aliphatic heterocycles. The maximum atomic E-state index is 8.36. The molecule has 0 saturated heterocycles. The van der Waals surface area contributed by atoms with Gasteiger partial charge in [-0.3, -0.25) is 4.98 Å². The Morgan fingerprint density at radius 3 is 2.10 bits per heavy atom. The molecule has 14 heteroatoms. The fourth-order valence-corrected chi connectivity index (χ4v) is 0.615. The van der Waals surface area contributed by atoms with Crippen LogP contribution in [0, 0.1) is 20.2 Å². The van der Waals surface area contributed by atoms with Crippen molar-refractivity contribution >= 4 is 12.2 Å². The van der Waals surface area contributed by atoms with Gasteiger partial charge in [0.2, 0.25) is 5.96 Å². The Labute approximate surface area is 116 Å². The van der Waals surface area contributed by atoms with Gasteiger partial charge in [0.05, 0.1) is 6.21 Å². The number of hydrogen-bond acceptors (Lipinski definition) is 7. The fourth-order valence-electron chi connectivity index (χ4n) is 0.615. The molecule has 1 rings (SSSR count). The highest BCUT2D eigenvalue weighted by Gasteiger charge is 1.82. The van der Waals surface area contributed by atoms with Gasteiger partial charge in [-0.25, -0.2) is 0 Å². The van der Waals surface area contributed by atoms with Crippen molar-refractivity contribution in [1.29, 1.82) is 0 Å². The molecule has 0 saturated carbocycles. The lowest BCUT2D eigenvalue weighted by Gasteiger charge is -1.87. The quantitative estimate of drug-likeness (QED) is 0.207. The van der Waals surface area contributed by atoms with Crippen molar-refractivity contribution in [2.45, 2.75) is 0 Å². The lowest BCUT2D eigenvalue weighted by Crippen LogP contribution is -2.21. The van der Waals surface area contributed by atoms with Crippen LogP contribution < -0.4 is 11.5 Å². The molecule has 0 radical (unpaired) electrons. The van der Waals surface area contributed by atoms with Crippen LogP contribution in [0.3, 0.4) is 0 Å². The number of pyridine rings is 1. The van der Waals surface area contributed by atoms with Gasteiger partial charge in [-0.1, -0.05) is 6.07 Å². The Morgan fingerprint density at radius 1 is 1.29 bits per heavy atom. The van der Waals surface area contributed by atoms with Crippen LogP contribution in [0.1, 0.15) is 5.56 Å². The Bertz CT molecular complexity index is 440. The van der Waals surface area contributed by atoms with E-state index in [2.05, 4.69) is 15.2 Å². The van der Waals surface area contributed by atoms with E-state index >= 15 is 0 Å². The summed E-state index contributed by atoms with van der Waals surface area (Å²) in [5, 5.41) is 34.3. The average Bonchev–Trinajstić information content (AvgIpc) is 2.28. The van der Waals surface area contributed by atoms with Crippen LogP contribution in [-0.2, 0) is 0 Å². The van der Waals surface area contributed by atoms with Crippen molar-refractivity contribution in [2.75, 3.05) is 0 Å². The fraction of sp³-hybridized carbons (Fsp3) is 0. The second-order valence-corrected chi connectivity index (χ2v) is 2.53. The highest BCUT2D eigenvalue weighted by Crippen LogP contribution is 1.90. The Morgan fingerprint density at radius 2 is 1.76 bits per heavy atom. The third kappa shape index (κ3) is 31.5. The molecule has 0 amide bonds. The smallest absolute Gasteiger partial charge is 0.291 e. The topological polar surface area (TPSA) is 248 Å². The molecule has 8 N–H and O–H groups in total. The molecule has 0 atom stereocenters. The van der Waals surface area contributed by atoms with Crippen molar-refractivity contribution < 1.29 is 26.1 Å². The number of nitrogens with zero attached hydrogens (tertiary/aromatic N) is 5. The first kappa shape index (κ1) is 22.6. The van der Waals surface area contributed by atoms with Gasteiger partial charge in [-0.2, -0.15) is 5.10 Å². The largest absolute Gasteiger partial charge is 0.412 e. The summed E-state index contributed by atoms with van der Waals surface area (Å²) in [6, 6.07) is 3.65. The second-order valence-electron chi connectivity index (χ2n) is 2.53. The summed E-state index contributed by atoms with van der Waals surface area (Å²) in [5.74, 6) is -0.0601. The van der Waals surface area contributed by atoms with Gasteiger partial charge in [-0.05, 0) is 6.07 Å². The minimum Gasteiger partial charge on any atom is -0.412 e. The van der Waals surface area contributed by atoms with E-state index in [0.717, 1.165) is 5.56 Å². The van der Waals surface area contributed by atoms with Gasteiger partial charge >= 0.3 is 0 Å². The molecule has 1 aromatic rings. The standard InChI is InChI=1S/C7H9N5.2HNO3.H2O/c8-7(9)12-11-5-6-2-1-3-10-4-6;2*2-1(3)4;/h1-5H,(H4,8,9,12);2*(H,2,3,4);1H2/b11-5+;;;. The maximum Gasteiger partial charge on any atom is 0.291 e. The normalized spacial score (nSPS) is 8.00. The van der Waals surface area contributed by atoms with E-state index in [1.807, 2.05) is 6.07 Å². The van der Waals surface area contributed by atoms with Gasteiger partial charge in [0.15, 0.2) is 0 Å². The van der Waals surface area contributed by atoms with E-state index in [4.69, 9.17) is 42.1 Å². The predicted molar refractivity (Wildman–Crippen MR) is 68.8 cm³/mol. The number of aromatic nitrogens is 1. The van der Waals surface area contributed by atoms with Gasteiger partial charge in [0.25, 0.3) is 10.2 Å².